The summed E-state index contributed by atoms with van der Waals surface area (Å²) in [4.78, 5) is 9.94. The average molecular weight is 620 g/mol. The molecule has 5 heteroatoms. The van der Waals surface area contributed by atoms with Crippen LogP contribution < -0.4 is 113 Å². The first-order valence-corrected chi connectivity index (χ1v) is 14.3. The molecule has 4 aromatic carbocycles. The van der Waals surface area contributed by atoms with Crippen molar-refractivity contribution in [2.24, 2.45) is 7.05 Å². The Morgan fingerprint density at radius 1 is 0.386 bits per heavy atom. The van der Waals surface area contributed by atoms with E-state index in [0.717, 1.165) is 22.8 Å². The molecule has 7 rings (SSSR count). The van der Waals surface area contributed by atoms with Crippen LogP contribution in [0.2, 0.25) is 0 Å². The van der Waals surface area contributed by atoms with Gasteiger partial charge in [0.15, 0.2) is 0 Å². The van der Waals surface area contributed by atoms with Crippen LogP contribution in [0.5, 0.6) is 0 Å². The van der Waals surface area contributed by atoms with Crippen molar-refractivity contribution >= 4 is 0 Å². The smallest absolute Gasteiger partial charge is 0.666 e. The van der Waals surface area contributed by atoms with Gasteiger partial charge in [0.2, 0.25) is 0 Å². The van der Waals surface area contributed by atoms with E-state index in [1.165, 1.54) is 22.3 Å². The van der Waals surface area contributed by atoms with E-state index in [1.807, 2.05) is 24.5 Å². The van der Waals surface area contributed by atoms with E-state index >= 15 is 0 Å². The van der Waals surface area contributed by atoms with E-state index in [0.29, 0.717) is 0 Å². The first-order chi connectivity index (χ1) is 20.8. The summed E-state index contributed by atoms with van der Waals surface area (Å²) in [5.41, 5.74) is 7.63. The summed E-state index contributed by atoms with van der Waals surface area (Å²) in [5, 5.41) is 0. The molecule has 3 heterocycles. The molecule has 0 fully saturated rings. The van der Waals surface area contributed by atoms with Crippen LogP contribution in [-0.4, -0.2) is 4.57 Å². The average Bonchev–Trinajstić information content (AvgIpc) is 3.86. The van der Waals surface area contributed by atoms with Gasteiger partial charge in [-0.05, 0) is 34.4 Å². The molecule has 0 spiro atoms. The third-order valence-corrected chi connectivity index (χ3v) is 8.59. The summed E-state index contributed by atoms with van der Waals surface area (Å²) >= 11 is 0. The fourth-order valence-electron chi connectivity index (χ4n) is 6.84. The van der Waals surface area contributed by atoms with E-state index in [-0.39, 0.29) is 103 Å². The third kappa shape index (κ3) is 5.52. The summed E-state index contributed by atoms with van der Waals surface area (Å²) in [5.74, 6) is 0. The van der Waals surface area contributed by atoms with E-state index in [4.69, 9.17) is 9.97 Å². The molecular weight excluding hydrogens is 589 g/mol. The van der Waals surface area contributed by atoms with Crippen molar-refractivity contribution in [1.29, 1.82) is 0 Å². The van der Waals surface area contributed by atoms with Crippen molar-refractivity contribution in [2.45, 2.75) is 10.8 Å². The van der Waals surface area contributed by atoms with Gasteiger partial charge in [0, 0.05) is 18.4 Å². The van der Waals surface area contributed by atoms with Crippen LogP contribution in [0, 0.1) is 0 Å². The van der Waals surface area contributed by atoms with Gasteiger partial charge in [-0.25, -0.2) is 0 Å². The minimum absolute atomic E-state index is 0. The molecule has 0 saturated carbocycles. The maximum atomic E-state index is 4.97. The van der Waals surface area contributed by atoms with Crippen molar-refractivity contribution in [3.8, 4) is 0 Å². The predicted octanol–water partition coefficient (Wildman–Crippen LogP) is 1.71. The van der Waals surface area contributed by atoms with E-state index in [1.54, 1.807) is 0 Å². The fraction of sp³-hybridized carbons (Fsp3) is 0.0769. The van der Waals surface area contributed by atoms with Crippen molar-refractivity contribution in [2.75, 3.05) is 0 Å². The number of rotatable bonds is 8. The molecule has 0 N–H and O–H groups in total. The maximum Gasteiger partial charge on any atom is 1.00 e. The summed E-state index contributed by atoms with van der Waals surface area (Å²) in [6.45, 7) is 0. The van der Waals surface area contributed by atoms with Gasteiger partial charge < -0.3 is 14.5 Å². The van der Waals surface area contributed by atoms with Crippen LogP contribution in [0.4, 0.5) is 0 Å². The monoisotopic (exact) mass is 619 g/mol. The third-order valence-electron chi connectivity index (χ3n) is 8.59. The molecule has 0 aliphatic heterocycles. The molecule has 44 heavy (non-hydrogen) atoms. The van der Waals surface area contributed by atoms with Crippen LogP contribution in [0.3, 0.4) is 0 Å². The fourth-order valence-corrected chi connectivity index (χ4v) is 6.84. The standard InChI is InChI=1S/C39H31N3.2K/c1-42-36(38(34-24-14-28-40-34,30-16-6-2-7-17-30)31-18-8-3-9-19-31)26-27-37(42)39(35-25-15-29-41-35,32-20-10-4-11-21-32)33-22-12-5-13-23-33;;/h2-29H,1H3;;/q-2;2*+1. The van der Waals surface area contributed by atoms with E-state index in [9.17, 15) is 0 Å². The number of nitrogens with zero attached hydrogens (tertiary/aromatic N) is 3. The van der Waals surface area contributed by atoms with E-state index in [2.05, 4.69) is 157 Å². The van der Waals surface area contributed by atoms with Gasteiger partial charge in [0.1, 0.15) is 0 Å². The molecule has 0 amide bonds. The molecule has 0 aliphatic rings. The number of aromatic nitrogens is 3. The molecule has 0 bridgehead atoms. The minimum atomic E-state index is -0.641. The number of hydrogen-bond donors (Lipinski definition) is 0. The zero-order valence-electron chi connectivity index (χ0n) is 25.5. The predicted molar refractivity (Wildman–Crippen MR) is 169 cm³/mol. The Morgan fingerprint density at radius 3 is 0.932 bits per heavy atom. The Kier molecular flexibility index (Phi) is 11.1. The van der Waals surface area contributed by atoms with Crippen LogP contribution >= 0.6 is 0 Å². The molecule has 3 aromatic heterocycles. The van der Waals surface area contributed by atoms with Crippen molar-refractivity contribution in [3.05, 3.63) is 215 Å². The summed E-state index contributed by atoms with van der Waals surface area (Å²) in [7, 11) is 2.19. The van der Waals surface area contributed by atoms with Crippen molar-refractivity contribution < 1.29 is 103 Å². The van der Waals surface area contributed by atoms with Gasteiger partial charge in [0.05, 0.1) is 10.8 Å². The molecule has 0 aliphatic carbocycles. The van der Waals surface area contributed by atoms with Gasteiger partial charge in [-0.1, -0.05) is 146 Å². The Balaban J connectivity index is 0.00000192. The normalized spacial score (nSPS) is 11.4. The number of hydrogen-bond acceptors (Lipinski definition) is 0. The van der Waals surface area contributed by atoms with Crippen molar-refractivity contribution in [3.63, 3.8) is 0 Å². The first kappa shape index (κ1) is 33.4. The Morgan fingerprint density at radius 2 is 0.682 bits per heavy atom. The largest absolute Gasteiger partial charge is 1.00 e. The second-order valence-corrected chi connectivity index (χ2v) is 10.7. The van der Waals surface area contributed by atoms with Gasteiger partial charge in [-0.2, -0.15) is 12.4 Å². The van der Waals surface area contributed by atoms with Gasteiger partial charge >= 0.3 is 103 Å². The molecule has 0 unspecified atom stereocenters. The van der Waals surface area contributed by atoms with Crippen LogP contribution in [0.25, 0.3) is 0 Å². The zero-order valence-corrected chi connectivity index (χ0v) is 31.8. The SMILES string of the molecule is Cn1c(C(c2ccccc2)(c2ccccc2)c2ccc[n-]2)ccc1C(c1ccccc1)(c1ccccc1)c1ccc[n-]1.[K+].[K+]. The molecule has 0 saturated heterocycles. The Hall–Kier alpha value is -2.01. The second kappa shape index (κ2) is 14.6. The molecule has 7 aromatic rings. The second-order valence-electron chi connectivity index (χ2n) is 10.7. The van der Waals surface area contributed by atoms with Crippen LogP contribution in [-0.2, 0) is 17.9 Å². The molecular formula is C39H31K2N3. The van der Waals surface area contributed by atoms with Gasteiger partial charge in [0.25, 0.3) is 0 Å². The number of benzene rings is 4. The summed E-state index contributed by atoms with van der Waals surface area (Å²) in [6, 6.07) is 55.9. The topological polar surface area (TPSA) is 33.1 Å². The Labute approximate surface area is 345 Å². The zero-order chi connectivity index (χ0) is 28.4. The summed E-state index contributed by atoms with van der Waals surface area (Å²) < 4.78 is 2.38. The van der Waals surface area contributed by atoms with E-state index < -0.39 is 10.8 Å². The van der Waals surface area contributed by atoms with Crippen LogP contribution in [0.15, 0.2) is 170 Å². The molecule has 0 radical (unpaired) electrons. The quantitative estimate of drug-likeness (QED) is 0.243. The molecule has 3 nitrogen and oxygen atoms in total. The molecule has 0 atom stereocenters. The maximum absolute atomic E-state index is 4.97. The summed E-state index contributed by atoms with van der Waals surface area (Å²) in [6.07, 6.45) is 3.79. The first-order valence-electron chi connectivity index (χ1n) is 14.3. The van der Waals surface area contributed by atoms with Gasteiger partial charge in [-0.15, -0.1) is 11.4 Å². The Bertz CT molecular complexity index is 1640. The molecule has 204 valence electrons. The van der Waals surface area contributed by atoms with Crippen molar-refractivity contribution in [1.82, 2.24) is 14.5 Å². The van der Waals surface area contributed by atoms with Crippen LogP contribution in [0.1, 0.15) is 45.0 Å². The van der Waals surface area contributed by atoms with Gasteiger partial charge in [-0.3, -0.25) is 0 Å². The minimum Gasteiger partial charge on any atom is -0.666 e.